The zero-order valence-corrected chi connectivity index (χ0v) is 17.1. The summed E-state index contributed by atoms with van der Waals surface area (Å²) in [6.45, 7) is 1.29. The lowest BCUT2D eigenvalue weighted by Crippen LogP contribution is -2.33. The van der Waals surface area contributed by atoms with E-state index in [0.29, 0.717) is 18.8 Å². The second kappa shape index (κ2) is 7.27. The molecule has 1 aromatic carbocycles. The van der Waals surface area contributed by atoms with E-state index in [1.807, 2.05) is 35.2 Å². The molecule has 7 heteroatoms. The third-order valence-electron chi connectivity index (χ3n) is 6.36. The lowest BCUT2D eigenvalue weighted by atomic mass is 10.1. The van der Waals surface area contributed by atoms with Crippen LogP contribution in [-0.2, 0) is 12.8 Å². The van der Waals surface area contributed by atoms with Crippen molar-refractivity contribution in [2.75, 3.05) is 18.4 Å². The first-order valence-corrected chi connectivity index (χ1v) is 10.8. The summed E-state index contributed by atoms with van der Waals surface area (Å²) in [5, 5.41) is 3.09. The van der Waals surface area contributed by atoms with Crippen LogP contribution in [-0.4, -0.2) is 38.6 Å². The van der Waals surface area contributed by atoms with Crippen LogP contribution >= 0.6 is 0 Å². The Hall–Kier alpha value is -3.61. The van der Waals surface area contributed by atoms with Gasteiger partial charge in [0.25, 0.3) is 0 Å². The number of rotatable bonds is 3. The monoisotopic (exact) mass is 413 g/mol. The molecule has 6 rings (SSSR count). The quantitative estimate of drug-likeness (QED) is 0.530. The standard InChI is InChI=1S/C24H23N5O2/c30-24(26-18-9-8-16-4-1-5-17(16)14-18)28-12-10-19(15-28)29-22-20(6-2-11-25-22)27-23(29)21-7-3-13-31-21/h2-3,6-9,11,13-14,19H,1,4-5,10,12,15H2,(H,26,30)/t19-/m0/s1. The number of benzene rings is 1. The molecule has 4 heterocycles. The summed E-state index contributed by atoms with van der Waals surface area (Å²) in [7, 11) is 0. The lowest BCUT2D eigenvalue weighted by molar-refractivity contribution is 0.221. The second-order valence-electron chi connectivity index (χ2n) is 8.28. The number of likely N-dealkylation sites (tertiary alicyclic amines) is 1. The first kappa shape index (κ1) is 18.2. The first-order chi connectivity index (χ1) is 15.3. The van der Waals surface area contributed by atoms with E-state index < -0.39 is 0 Å². The molecule has 1 aliphatic carbocycles. The smallest absolute Gasteiger partial charge is 0.321 e. The Morgan fingerprint density at radius 1 is 1.13 bits per heavy atom. The number of urea groups is 1. The Labute approximate surface area is 179 Å². The number of imidazole rings is 1. The van der Waals surface area contributed by atoms with Gasteiger partial charge in [-0.05, 0) is 73.2 Å². The molecule has 1 aliphatic heterocycles. The summed E-state index contributed by atoms with van der Waals surface area (Å²) in [6, 6.07) is 13.9. The molecule has 0 unspecified atom stereocenters. The van der Waals surface area contributed by atoms with Gasteiger partial charge in [0.2, 0.25) is 0 Å². The van der Waals surface area contributed by atoms with Crippen molar-refractivity contribution in [1.82, 2.24) is 19.4 Å². The highest BCUT2D eigenvalue weighted by molar-refractivity contribution is 5.89. The minimum absolute atomic E-state index is 0.0580. The number of hydrogen-bond acceptors (Lipinski definition) is 4. The second-order valence-corrected chi connectivity index (χ2v) is 8.28. The molecule has 0 radical (unpaired) electrons. The van der Waals surface area contributed by atoms with E-state index in [-0.39, 0.29) is 12.1 Å². The van der Waals surface area contributed by atoms with E-state index in [2.05, 4.69) is 27.0 Å². The van der Waals surface area contributed by atoms with Gasteiger partial charge in [0.15, 0.2) is 17.2 Å². The molecule has 0 bridgehead atoms. The number of nitrogens with one attached hydrogen (secondary N) is 1. The molecule has 0 saturated carbocycles. The van der Waals surface area contributed by atoms with Crippen LogP contribution in [0.15, 0.2) is 59.3 Å². The number of carbonyl (C=O) groups excluding carboxylic acids is 1. The van der Waals surface area contributed by atoms with Gasteiger partial charge in [0, 0.05) is 25.0 Å². The highest BCUT2D eigenvalue weighted by Crippen LogP contribution is 2.32. The van der Waals surface area contributed by atoms with Gasteiger partial charge in [0.05, 0.1) is 12.3 Å². The number of hydrogen-bond donors (Lipinski definition) is 1. The minimum Gasteiger partial charge on any atom is -0.461 e. The van der Waals surface area contributed by atoms with Crippen molar-refractivity contribution in [1.29, 1.82) is 0 Å². The molecule has 1 atom stereocenters. The topological polar surface area (TPSA) is 76.2 Å². The first-order valence-electron chi connectivity index (χ1n) is 10.8. The van der Waals surface area contributed by atoms with Crippen LogP contribution in [0.3, 0.4) is 0 Å². The predicted octanol–water partition coefficient (Wildman–Crippen LogP) is 4.66. The number of aromatic nitrogens is 3. The Balaban J connectivity index is 1.25. The average Bonchev–Trinajstić information content (AvgIpc) is 3.58. The van der Waals surface area contributed by atoms with Crippen LogP contribution in [0.5, 0.6) is 0 Å². The Kier molecular flexibility index (Phi) is 4.26. The molecule has 3 aromatic heterocycles. The van der Waals surface area contributed by atoms with E-state index >= 15 is 0 Å². The third kappa shape index (κ3) is 3.17. The van der Waals surface area contributed by atoms with Crippen molar-refractivity contribution >= 4 is 22.9 Å². The molecule has 31 heavy (non-hydrogen) atoms. The van der Waals surface area contributed by atoms with Gasteiger partial charge >= 0.3 is 6.03 Å². The van der Waals surface area contributed by atoms with Crippen molar-refractivity contribution in [2.24, 2.45) is 0 Å². The predicted molar refractivity (Wildman–Crippen MR) is 118 cm³/mol. The number of anilines is 1. The summed E-state index contributed by atoms with van der Waals surface area (Å²) in [4.78, 5) is 24.2. The van der Waals surface area contributed by atoms with E-state index in [0.717, 1.165) is 41.9 Å². The molecular formula is C24H23N5O2. The van der Waals surface area contributed by atoms with E-state index in [1.54, 1.807) is 12.5 Å². The van der Waals surface area contributed by atoms with Crippen molar-refractivity contribution in [3.63, 3.8) is 0 Å². The molecule has 1 N–H and O–H groups in total. The molecule has 4 aromatic rings. The van der Waals surface area contributed by atoms with Crippen molar-refractivity contribution in [3.05, 3.63) is 66.1 Å². The van der Waals surface area contributed by atoms with Gasteiger partial charge < -0.3 is 19.2 Å². The van der Waals surface area contributed by atoms with Crippen LogP contribution in [0, 0.1) is 0 Å². The van der Waals surface area contributed by atoms with Gasteiger partial charge in [-0.2, -0.15) is 0 Å². The summed E-state index contributed by atoms with van der Waals surface area (Å²) in [6.07, 6.45) is 7.71. The maximum Gasteiger partial charge on any atom is 0.321 e. The zero-order chi connectivity index (χ0) is 20.8. The zero-order valence-electron chi connectivity index (χ0n) is 17.1. The average molecular weight is 413 g/mol. The third-order valence-corrected chi connectivity index (χ3v) is 6.36. The van der Waals surface area contributed by atoms with Gasteiger partial charge in [0.1, 0.15) is 5.52 Å². The molecule has 2 aliphatic rings. The lowest BCUT2D eigenvalue weighted by Gasteiger charge is -2.19. The van der Waals surface area contributed by atoms with Crippen molar-refractivity contribution in [2.45, 2.75) is 31.7 Å². The normalized spacial score (nSPS) is 17.9. The van der Waals surface area contributed by atoms with Crippen LogP contribution < -0.4 is 5.32 Å². The fraction of sp³-hybridized carbons (Fsp3) is 0.292. The molecule has 7 nitrogen and oxygen atoms in total. The fourth-order valence-electron chi connectivity index (χ4n) is 4.84. The number of furan rings is 1. The number of amides is 2. The van der Waals surface area contributed by atoms with Crippen LogP contribution in [0.1, 0.15) is 30.0 Å². The minimum atomic E-state index is -0.0580. The Bertz CT molecular complexity index is 1260. The SMILES string of the molecule is O=C(Nc1ccc2c(c1)CCC2)N1CC[C@H](n2c(-c3ccco3)nc3cccnc32)C1. The summed E-state index contributed by atoms with van der Waals surface area (Å²) < 4.78 is 7.76. The van der Waals surface area contributed by atoms with Crippen LogP contribution in [0.25, 0.3) is 22.7 Å². The van der Waals surface area contributed by atoms with Crippen LogP contribution in [0.4, 0.5) is 10.5 Å². The fourth-order valence-corrected chi connectivity index (χ4v) is 4.84. The number of carbonyl (C=O) groups is 1. The Morgan fingerprint density at radius 3 is 2.97 bits per heavy atom. The number of nitrogens with zero attached hydrogens (tertiary/aromatic N) is 4. The van der Waals surface area contributed by atoms with E-state index in [4.69, 9.17) is 9.40 Å². The van der Waals surface area contributed by atoms with Gasteiger partial charge in [-0.25, -0.2) is 14.8 Å². The molecule has 1 saturated heterocycles. The Morgan fingerprint density at radius 2 is 2.06 bits per heavy atom. The molecule has 156 valence electrons. The maximum atomic E-state index is 13.0. The van der Waals surface area contributed by atoms with E-state index in [9.17, 15) is 4.79 Å². The molecular weight excluding hydrogens is 390 g/mol. The van der Waals surface area contributed by atoms with Crippen LogP contribution in [0.2, 0.25) is 0 Å². The maximum absolute atomic E-state index is 13.0. The summed E-state index contributed by atoms with van der Waals surface area (Å²) in [5.74, 6) is 1.46. The van der Waals surface area contributed by atoms with Gasteiger partial charge in [-0.3, -0.25) is 0 Å². The molecule has 0 spiro atoms. The highest BCUT2D eigenvalue weighted by atomic mass is 16.3. The van der Waals surface area contributed by atoms with Crippen molar-refractivity contribution in [3.8, 4) is 11.6 Å². The number of fused-ring (bicyclic) bond motifs is 2. The number of aryl methyl sites for hydroxylation is 2. The summed E-state index contributed by atoms with van der Waals surface area (Å²) in [5.41, 5.74) is 5.29. The van der Waals surface area contributed by atoms with Gasteiger partial charge in [-0.15, -0.1) is 0 Å². The van der Waals surface area contributed by atoms with Gasteiger partial charge in [-0.1, -0.05) is 6.07 Å². The van der Waals surface area contributed by atoms with Crippen molar-refractivity contribution < 1.29 is 9.21 Å². The summed E-state index contributed by atoms with van der Waals surface area (Å²) >= 11 is 0. The number of pyridine rings is 1. The molecule has 1 fully saturated rings. The highest BCUT2D eigenvalue weighted by Gasteiger charge is 2.31. The largest absolute Gasteiger partial charge is 0.461 e. The molecule has 2 amide bonds. The van der Waals surface area contributed by atoms with E-state index in [1.165, 1.54) is 17.5 Å².